The number of nitrogens with two attached hydrogens (primary N) is 1. The molecule has 0 heterocycles. The molecule has 0 fully saturated rings. The highest BCUT2D eigenvalue weighted by atomic mass is 35.5. The van der Waals surface area contributed by atoms with Gasteiger partial charge in [0, 0.05) is 11.6 Å². The third kappa shape index (κ3) is 3.43. The van der Waals surface area contributed by atoms with Crippen molar-refractivity contribution in [3.8, 4) is 11.8 Å². The molecule has 0 aliphatic rings. The molecule has 1 aromatic rings. The lowest BCUT2D eigenvalue weighted by molar-refractivity contribution is 0.458. The molecule has 0 radical (unpaired) electrons. The Morgan fingerprint density at radius 1 is 1.53 bits per heavy atom. The number of hydrogen-bond acceptors (Lipinski definition) is 3. The summed E-state index contributed by atoms with van der Waals surface area (Å²) in [6.45, 7) is 2.03. The average Bonchev–Trinajstić information content (AvgIpc) is 2.19. The Labute approximate surface area is 95.9 Å². The molecule has 82 valence electrons. The Morgan fingerprint density at radius 3 is 2.73 bits per heavy atom. The van der Waals surface area contributed by atoms with Crippen LogP contribution in [0.2, 0.25) is 0 Å². The summed E-state index contributed by atoms with van der Waals surface area (Å²) in [6.07, 6.45) is 1.76. The number of hydrogen-bond donors (Lipinski definition) is 2. The number of phenolic OH excluding ortho intramolecular Hbond substituents is 1. The van der Waals surface area contributed by atoms with Crippen LogP contribution in [-0.4, -0.2) is 5.11 Å². The molecular formula is C11H15ClN2O. The molecule has 0 spiro atoms. The van der Waals surface area contributed by atoms with E-state index in [4.69, 9.17) is 11.0 Å². The van der Waals surface area contributed by atoms with Gasteiger partial charge in [0.15, 0.2) is 0 Å². The van der Waals surface area contributed by atoms with Crippen LogP contribution in [0.25, 0.3) is 0 Å². The Balaban J connectivity index is 0.00000196. The fourth-order valence-electron chi connectivity index (χ4n) is 1.39. The van der Waals surface area contributed by atoms with Crippen molar-refractivity contribution in [2.75, 3.05) is 0 Å². The van der Waals surface area contributed by atoms with Crippen LogP contribution >= 0.6 is 12.4 Å². The first-order chi connectivity index (χ1) is 6.69. The highest BCUT2D eigenvalue weighted by Gasteiger charge is 2.10. The maximum absolute atomic E-state index is 9.54. The lowest BCUT2D eigenvalue weighted by Gasteiger charge is -2.12. The Morgan fingerprint density at radius 2 is 2.20 bits per heavy atom. The van der Waals surface area contributed by atoms with Gasteiger partial charge in [0.05, 0.1) is 11.6 Å². The van der Waals surface area contributed by atoms with E-state index in [0.29, 0.717) is 11.1 Å². The Hall–Kier alpha value is -1.24. The van der Waals surface area contributed by atoms with Crippen LogP contribution in [0.3, 0.4) is 0 Å². The molecule has 15 heavy (non-hydrogen) atoms. The summed E-state index contributed by atoms with van der Waals surface area (Å²) in [5.41, 5.74) is 7.05. The van der Waals surface area contributed by atoms with Crippen molar-refractivity contribution in [2.24, 2.45) is 5.73 Å². The average molecular weight is 227 g/mol. The van der Waals surface area contributed by atoms with E-state index in [1.807, 2.05) is 13.0 Å². The van der Waals surface area contributed by atoms with E-state index >= 15 is 0 Å². The maximum atomic E-state index is 9.54. The van der Waals surface area contributed by atoms with Gasteiger partial charge in [0.25, 0.3) is 0 Å². The number of benzene rings is 1. The smallest absolute Gasteiger partial charge is 0.120 e. The molecule has 0 aliphatic heterocycles. The van der Waals surface area contributed by atoms with E-state index < -0.39 is 0 Å². The molecule has 0 unspecified atom stereocenters. The first-order valence-corrected chi connectivity index (χ1v) is 4.67. The van der Waals surface area contributed by atoms with Crippen molar-refractivity contribution >= 4 is 12.4 Å². The van der Waals surface area contributed by atoms with Crippen LogP contribution in [0.5, 0.6) is 5.75 Å². The van der Waals surface area contributed by atoms with Crippen molar-refractivity contribution in [1.82, 2.24) is 0 Å². The zero-order valence-corrected chi connectivity index (χ0v) is 9.42. The zero-order chi connectivity index (χ0) is 10.6. The van der Waals surface area contributed by atoms with Gasteiger partial charge < -0.3 is 10.8 Å². The second kappa shape index (κ2) is 6.28. The Bertz CT molecular complexity index is 360. The predicted molar refractivity (Wildman–Crippen MR) is 61.9 cm³/mol. The van der Waals surface area contributed by atoms with Crippen LogP contribution in [0.4, 0.5) is 0 Å². The van der Waals surface area contributed by atoms with Gasteiger partial charge in [-0.15, -0.1) is 12.4 Å². The summed E-state index contributed by atoms with van der Waals surface area (Å²) in [4.78, 5) is 0. The zero-order valence-electron chi connectivity index (χ0n) is 8.60. The van der Waals surface area contributed by atoms with Gasteiger partial charge >= 0.3 is 0 Å². The summed E-state index contributed by atoms with van der Waals surface area (Å²) in [5.74, 6) is 0.171. The van der Waals surface area contributed by atoms with Crippen molar-refractivity contribution < 1.29 is 5.11 Å². The first kappa shape index (κ1) is 13.8. The van der Waals surface area contributed by atoms with Gasteiger partial charge in [-0.3, -0.25) is 0 Å². The summed E-state index contributed by atoms with van der Waals surface area (Å²) < 4.78 is 0. The van der Waals surface area contributed by atoms with E-state index in [-0.39, 0.29) is 24.2 Å². The fourth-order valence-corrected chi connectivity index (χ4v) is 1.39. The van der Waals surface area contributed by atoms with Crippen LogP contribution in [0.15, 0.2) is 18.2 Å². The summed E-state index contributed by atoms with van der Waals surface area (Å²) in [7, 11) is 0. The van der Waals surface area contributed by atoms with Gasteiger partial charge in [-0.2, -0.15) is 5.26 Å². The molecule has 1 aromatic carbocycles. The molecule has 0 aromatic heterocycles. The third-order valence-corrected chi connectivity index (χ3v) is 2.16. The van der Waals surface area contributed by atoms with Crippen LogP contribution in [0, 0.1) is 11.3 Å². The normalized spacial score (nSPS) is 11.3. The minimum Gasteiger partial charge on any atom is -0.508 e. The van der Waals surface area contributed by atoms with E-state index in [9.17, 15) is 5.11 Å². The topological polar surface area (TPSA) is 70.0 Å². The third-order valence-electron chi connectivity index (χ3n) is 2.16. The van der Waals surface area contributed by atoms with Gasteiger partial charge in [-0.1, -0.05) is 13.3 Å². The number of nitriles is 1. The second-order valence-electron chi connectivity index (χ2n) is 3.28. The van der Waals surface area contributed by atoms with Gasteiger partial charge in [0.1, 0.15) is 5.75 Å². The van der Waals surface area contributed by atoms with Crippen molar-refractivity contribution in [1.29, 1.82) is 5.26 Å². The number of halogens is 1. The predicted octanol–water partition coefficient (Wildman–Crippen LogP) is 2.49. The van der Waals surface area contributed by atoms with Gasteiger partial charge in [-0.05, 0) is 24.6 Å². The highest BCUT2D eigenvalue weighted by Crippen LogP contribution is 2.26. The number of nitrogens with zero attached hydrogens (tertiary/aromatic N) is 1. The molecule has 0 amide bonds. The maximum Gasteiger partial charge on any atom is 0.120 e. The summed E-state index contributed by atoms with van der Waals surface area (Å²) >= 11 is 0. The van der Waals surface area contributed by atoms with Gasteiger partial charge in [-0.25, -0.2) is 0 Å². The van der Waals surface area contributed by atoms with E-state index in [0.717, 1.165) is 12.8 Å². The molecule has 0 bridgehead atoms. The minimum atomic E-state index is -0.187. The fraction of sp³-hybridized carbons (Fsp3) is 0.364. The molecule has 1 rings (SSSR count). The van der Waals surface area contributed by atoms with Crippen LogP contribution in [-0.2, 0) is 0 Å². The molecule has 0 saturated carbocycles. The monoisotopic (exact) mass is 226 g/mol. The highest BCUT2D eigenvalue weighted by molar-refractivity contribution is 5.85. The summed E-state index contributed by atoms with van der Waals surface area (Å²) in [6, 6.07) is 6.58. The minimum absolute atomic E-state index is 0. The van der Waals surface area contributed by atoms with Crippen molar-refractivity contribution in [2.45, 2.75) is 25.8 Å². The number of aromatic hydroxyl groups is 1. The number of rotatable bonds is 3. The quantitative estimate of drug-likeness (QED) is 0.832. The first-order valence-electron chi connectivity index (χ1n) is 4.67. The lowest BCUT2D eigenvalue weighted by Crippen LogP contribution is -2.10. The molecule has 3 nitrogen and oxygen atoms in total. The van der Waals surface area contributed by atoms with E-state index in [1.54, 1.807) is 12.1 Å². The molecule has 3 N–H and O–H groups in total. The Kier molecular flexibility index (Phi) is 5.76. The van der Waals surface area contributed by atoms with Crippen LogP contribution < -0.4 is 5.73 Å². The molecular weight excluding hydrogens is 212 g/mol. The van der Waals surface area contributed by atoms with Gasteiger partial charge in [0.2, 0.25) is 0 Å². The molecule has 4 heteroatoms. The number of phenols is 1. The molecule has 0 aliphatic carbocycles. The SMILES string of the molecule is CCC[C@H](N)c1cc(C#N)ccc1O.Cl. The molecule has 0 saturated heterocycles. The van der Waals surface area contributed by atoms with E-state index in [1.165, 1.54) is 6.07 Å². The van der Waals surface area contributed by atoms with Crippen molar-refractivity contribution in [3.05, 3.63) is 29.3 Å². The largest absolute Gasteiger partial charge is 0.508 e. The lowest BCUT2D eigenvalue weighted by atomic mass is 10.0. The van der Waals surface area contributed by atoms with Crippen molar-refractivity contribution in [3.63, 3.8) is 0 Å². The van der Waals surface area contributed by atoms with E-state index in [2.05, 4.69) is 0 Å². The second-order valence-corrected chi connectivity index (χ2v) is 3.28. The molecule has 1 atom stereocenters. The van der Waals surface area contributed by atoms with Crippen LogP contribution in [0.1, 0.15) is 36.9 Å². The standard InChI is InChI=1S/C11H14N2O.ClH/c1-2-3-10(13)9-6-8(7-12)4-5-11(9)14;/h4-6,10,14H,2-3,13H2,1H3;1H/t10-;/m0./s1. The summed E-state index contributed by atoms with van der Waals surface area (Å²) in [5, 5.41) is 18.2.